The molecule has 0 unspecified atom stereocenters. The van der Waals surface area contributed by atoms with Gasteiger partial charge >= 0.3 is 0 Å². The number of ether oxygens (including phenoxy) is 1. The second kappa shape index (κ2) is 8.59. The highest BCUT2D eigenvalue weighted by Gasteiger charge is 2.17. The Balaban J connectivity index is 0.00000144. The van der Waals surface area contributed by atoms with E-state index in [2.05, 4.69) is 35.3 Å². The maximum Gasteiger partial charge on any atom is 0.119 e. The van der Waals surface area contributed by atoms with Crippen LogP contribution in [-0.4, -0.2) is 38.2 Å². The standard InChI is InChI=1S/C13H20N2O.2ClH/c1-11(15-8-6-14-7-9-15)12-4-3-5-13(10-12)16-2;;/h3-5,10-11,14H,6-9H2,1-2H3;2*1H/t11-;;/m1../s1. The van der Waals surface area contributed by atoms with Gasteiger partial charge in [0.2, 0.25) is 0 Å². The molecule has 18 heavy (non-hydrogen) atoms. The summed E-state index contributed by atoms with van der Waals surface area (Å²) in [4.78, 5) is 2.51. The van der Waals surface area contributed by atoms with Crippen LogP contribution in [-0.2, 0) is 0 Å². The van der Waals surface area contributed by atoms with Crippen molar-refractivity contribution in [3.63, 3.8) is 0 Å². The van der Waals surface area contributed by atoms with E-state index in [1.54, 1.807) is 7.11 Å². The number of methoxy groups -OCH3 is 1. The Bertz CT molecular complexity index is 344. The lowest BCUT2D eigenvalue weighted by molar-refractivity contribution is 0.185. The molecule has 0 radical (unpaired) electrons. The molecule has 1 saturated heterocycles. The first kappa shape index (κ1) is 17.5. The molecule has 1 aliphatic rings. The van der Waals surface area contributed by atoms with Crippen molar-refractivity contribution in [1.29, 1.82) is 0 Å². The molecule has 3 nitrogen and oxygen atoms in total. The monoisotopic (exact) mass is 292 g/mol. The average molecular weight is 293 g/mol. The van der Waals surface area contributed by atoms with Gasteiger partial charge in [0.05, 0.1) is 7.11 Å². The molecule has 0 amide bonds. The Morgan fingerprint density at radius 1 is 1.22 bits per heavy atom. The molecule has 0 saturated carbocycles. The summed E-state index contributed by atoms with van der Waals surface area (Å²) in [5.74, 6) is 0.944. The first-order valence-electron chi connectivity index (χ1n) is 5.90. The maximum absolute atomic E-state index is 5.26. The van der Waals surface area contributed by atoms with Gasteiger partial charge < -0.3 is 10.1 Å². The van der Waals surface area contributed by atoms with Crippen molar-refractivity contribution in [2.75, 3.05) is 33.3 Å². The van der Waals surface area contributed by atoms with Crippen LogP contribution in [0.3, 0.4) is 0 Å². The van der Waals surface area contributed by atoms with E-state index in [-0.39, 0.29) is 24.8 Å². The fraction of sp³-hybridized carbons (Fsp3) is 0.538. The van der Waals surface area contributed by atoms with Gasteiger partial charge in [-0.05, 0) is 24.6 Å². The highest BCUT2D eigenvalue weighted by molar-refractivity contribution is 5.85. The zero-order valence-corrected chi connectivity index (χ0v) is 12.5. The van der Waals surface area contributed by atoms with Gasteiger partial charge in [0.25, 0.3) is 0 Å². The average Bonchev–Trinajstić information content (AvgIpc) is 2.39. The lowest BCUT2D eigenvalue weighted by Gasteiger charge is -2.33. The molecule has 0 aromatic heterocycles. The summed E-state index contributed by atoms with van der Waals surface area (Å²) >= 11 is 0. The number of nitrogens with zero attached hydrogens (tertiary/aromatic N) is 1. The molecular weight excluding hydrogens is 271 g/mol. The molecule has 1 aromatic carbocycles. The summed E-state index contributed by atoms with van der Waals surface area (Å²) in [5, 5.41) is 3.38. The minimum atomic E-state index is 0. The van der Waals surface area contributed by atoms with Gasteiger partial charge in [-0.1, -0.05) is 12.1 Å². The summed E-state index contributed by atoms with van der Waals surface area (Å²) in [6.45, 7) is 6.69. The van der Waals surface area contributed by atoms with Crippen LogP contribution in [0.5, 0.6) is 5.75 Å². The molecule has 1 aromatic rings. The van der Waals surface area contributed by atoms with E-state index in [0.717, 1.165) is 31.9 Å². The van der Waals surface area contributed by atoms with Gasteiger partial charge in [0.15, 0.2) is 0 Å². The molecular formula is C13H22Cl2N2O. The van der Waals surface area contributed by atoms with Crippen LogP contribution >= 0.6 is 24.8 Å². The first-order chi connectivity index (χ1) is 7.81. The van der Waals surface area contributed by atoms with Crippen molar-refractivity contribution in [2.24, 2.45) is 0 Å². The third-order valence-corrected chi connectivity index (χ3v) is 3.28. The van der Waals surface area contributed by atoms with Gasteiger partial charge in [0, 0.05) is 32.2 Å². The second-order valence-corrected chi connectivity index (χ2v) is 4.24. The molecule has 0 spiro atoms. The predicted molar refractivity (Wildman–Crippen MR) is 80.3 cm³/mol. The number of rotatable bonds is 3. The smallest absolute Gasteiger partial charge is 0.119 e. The maximum atomic E-state index is 5.26. The van der Waals surface area contributed by atoms with E-state index in [0.29, 0.717) is 6.04 Å². The lowest BCUT2D eigenvalue weighted by atomic mass is 10.1. The van der Waals surface area contributed by atoms with E-state index in [4.69, 9.17) is 4.74 Å². The van der Waals surface area contributed by atoms with E-state index in [1.165, 1.54) is 5.56 Å². The van der Waals surface area contributed by atoms with Gasteiger partial charge in [-0.2, -0.15) is 0 Å². The van der Waals surface area contributed by atoms with E-state index in [9.17, 15) is 0 Å². The van der Waals surface area contributed by atoms with Gasteiger partial charge in [-0.25, -0.2) is 0 Å². The molecule has 104 valence electrons. The van der Waals surface area contributed by atoms with Crippen molar-refractivity contribution in [3.05, 3.63) is 29.8 Å². The lowest BCUT2D eigenvalue weighted by Crippen LogP contribution is -2.44. The molecule has 1 N–H and O–H groups in total. The number of benzene rings is 1. The Hall–Kier alpha value is -0.480. The fourth-order valence-electron chi connectivity index (χ4n) is 2.18. The summed E-state index contributed by atoms with van der Waals surface area (Å²) < 4.78 is 5.26. The number of hydrogen-bond acceptors (Lipinski definition) is 3. The SMILES string of the molecule is COc1cccc([C@@H](C)N2CCNCC2)c1.Cl.Cl. The molecule has 1 heterocycles. The van der Waals surface area contributed by atoms with Crippen LogP contribution in [0, 0.1) is 0 Å². The highest BCUT2D eigenvalue weighted by Crippen LogP contribution is 2.23. The molecule has 2 rings (SSSR count). The van der Waals surface area contributed by atoms with Crippen LogP contribution < -0.4 is 10.1 Å². The third-order valence-electron chi connectivity index (χ3n) is 3.28. The Kier molecular flexibility index (Phi) is 8.36. The second-order valence-electron chi connectivity index (χ2n) is 4.24. The molecule has 0 aliphatic carbocycles. The Morgan fingerprint density at radius 3 is 2.50 bits per heavy atom. The number of halogens is 2. The topological polar surface area (TPSA) is 24.5 Å². The zero-order valence-electron chi connectivity index (χ0n) is 10.9. The molecule has 5 heteroatoms. The molecule has 1 fully saturated rings. The van der Waals surface area contributed by atoms with Crippen molar-refractivity contribution in [2.45, 2.75) is 13.0 Å². The van der Waals surface area contributed by atoms with E-state index in [1.807, 2.05) is 6.07 Å². The number of hydrogen-bond donors (Lipinski definition) is 1. The summed E-state index contributed by atoms with van der Waals surface area (Å²) in [6.07, 6.45) is 0. The van der Waals surface area contributed by atoms with Crippen LogP contribution in [0.15, 0.2) is 24.3 Å². The largest absolute Gasteiger partial charge is 0.497 e. The first-order valence-corrected chi connectivity index (χ1v) is 5.90. The van der Waals surface area contributed by atoms with Gasteiger partial charge in [0.1, 0.15) is 5.75 Å². The van der Waals surface area contributed by atoms with Crippen molar-refractivity contribution in [1.82, 2.24) is 10.2 Å². The van der Waals surface area contributed by atoms with E-state index < -0.39 is 0 Å². The Morgan fingerprint density at radius 2 is 1.89 bits per heavy atom. The number of nitrogens with one attached hydrogen (secondary N) is 1. The Labute approximate surface area is 122 Å². The highest BCUT2D eigenvalue weighted by atomic mass is 35.5. The molecule has 1 atom stereocenters. The zero-order chi connectivity index (χ0) is 11.4. The predicted octanol–water partition coefficient (Wildman–Crippen LogP) is 2.51. The molecule has 1 aliphatic heterocycles. The minimum Gasteiger partial charge on any atom is -0.497 e. The summed E-state index contributed by atoms with van der Waals surface area (Å²) in [7, 11) is 1.72. The molecule has 0 bridgehead atoms. The van der Waals surface area contributed by atoms with Crippen LogP contribution in [0.4, 0.5) is 0 Å². The fourth-order valence-corrected chi connectivity index (χ4v) is 2.18. The van der Waals surface area contributed by atoms with Crippen LogP contribution in [0.25, 0.3) is 0 Å². The van der Waals surface area contributed by atoms with Crippen LogP contribution in [0.1, 0.15) is 18.5 Å². The van der Waals surface area contributed by atoms with Crippen LogP contribution in [0.2, 0.25) is 0 Å². The van der Waals surface area contributed by atoms with Crippen molar-refractivity contribution >= 4 is 24.8 Å². The summed E-state index contributed by atoms with van der Waals surface area (Å²) in [5.41, 5.74) is 1.33. The van der Waals surface area contributed by atoms with Gasteiger partial charge in [-0.3, -0.25) is 4.90 Å². The van der Waals surface area contributed by atoms with Crippen molar-refractivity contribution < 1.29 is 4.74 Å². The minimum absolute atomic E-state index is 0. The normalized spacial score (nSPS) is 17.2. The summed E-state index contributed by atoms with van der Waals surface area (Å²) in [6, 6.07) is 8.83. The number of piperazine rings is 1. The third kappa shape index (κ3) is 4.32. The van der Waals surface area contributed by atoms with Gasteiger partial charge in [-0.15, -0.1) is 24.8 Å². The van der Waals surface area contributed by atoms with Crippen molar-refractivity contribution in [3.8, 4) is 5.75 Å². The quantitative estimate of drug-likeness (QED) is 0.926. The van der Waals surface area contributed by atoms with E-state index >= 15 is 0 Å².